The highest BCUT2D eigenvalue weighted by atomic mass is 32.2. The summed E-state index contributed by atoms with van der Waals surface area (Å²) < 4.78 is 27.7. The molecule has 136 valence electrons. The van der Waals surface area contributed by atoms with Crippen LogP contribution in [0.15, 0.2) is 34.2 Å². The Hall–Kier alpha value is -1.56. The summed E-state index contributed by atoms with van der Waals surface area (Å²) in [6.45, 7) is 2.83. The fourth-order valence-corrected chi connectivity index (χ4v) is 5.74. The molecule has 1 saturated heterocycles. The number of hydrogen-bond acceptors (Lipinski definition) is 4. The number of nitrogens with zero attached hydrogens (tertiary/aromatic N) is 3. The molecule has 1 saturated carbocycles. The maximum absolute atomic E-state index is 13.1. The van der Waals surface area contributed by atoms with Gasteiger partial charge in [-0.3, -0.25) is 4.99 Å². The molecule has 0 bridgehead atoms. The van der Waals surface area contributed by atoms with E-state index >= 15 is 0 Å². The molecule has 0 N–H and O–H groups in total. The van der Waals surface area contributed by atoms with Gasteiger partial charge in [-0.2, -0.15) is 0 Å². The van der Waals surface area contributed by atoms with E-state index < -0.39 is 10.0 Å². The fraction of sp³-hybridized carbons (Fsp3) is 0.632. The van der Waals surface area contributed by atoms with Gasteiger partial charge in [0.25, 0.3) is 10.0 Å². The summed E-state index contributed by atoms with van der Waals surface area (Å²) in [6.07, 6.45) is 8.58. The second-order valence-corrected chi connectivity index (χ2v) is 9.22. The molecule has 2 aliphatic heterocycles. The number of aliphatic imine (C=N–C) groups is 1. The van der Waals surface area contributed by atoms with E-state index in [0.29, 0.717) is 29.9 Å². The average Bonchev–Trinajstić information content (AvgIpc) is 3.34. The first-order valence-corrected chi connectivity index (χ1v) is 11.0. The maximum atomic E-state index is 13.1. The lowest BCUT2D eigenvalue weighted by Gasteiger charge is -2.27. The molecule has 1 aromatic carbocycles. The van der Waals surface area contributed by atoms with Crippen molar-refractivity contribution in [1.29, 1.82) is 0 Å². The van der Waals surface area contributed by atoms with Gasteiger partial charge in [0, 0.05) is 13.1 Å². The Balaban J connectivity index is 1.54. The third-order valence-corrected chi connectivity index (χ3v) is 7.51. The molecule has 0 amide bonds. The van der Waals surface area contributed by atoms with Crippen molar-refractivity contribution >= 4 is 16.0 Å². The molecule has 1 aromatic rings. The van der Waals surface area contributed by atoms with Gasteiger partial charge in [0.2, 0.25) is 5.96 Å². The van der Waals surface area contributed by atoms with Crippen LogP contribution in [-0.4, -0.2) is 49.8 Å². The standard InChI is InChI=1S/C19H27N3O2S/c23-25(24,22-15-12-20-19(22)21-13-4-5-14-21)18-10-8-17(9-11-18)16-6-2-1-3-7-16/h8-11,16H,1-7,12-15H2. The second kappa shape index (κ2) is 6.98. The van der Waals surface area contributed by atoms with Gasteiger partial charge in [-0.05, 0) is 49.3 Å². The highest BCUT2D eigenvalue weighted by Crippen LogP contribution is 2.33. The number of hydrogen-bond donors (Lipinski definition) is 0. The van der Waals surface area contributed by atoms with Gasteiger partial charge in [-0.25, -0.2) is 12.7 Å². The number of likely N-dealkylation sites (tertiary alicyclic amines) is 1. The molecule has 6 heteroatoms. The molecule has 0 spiro atoms. The van der Waals surface area contributed by atoms with Crippen molar-refractivity contribution in [3.8, 4) is 0 Å². The first-order valence-electron chi connectivity index (χ1n) is 9.58. The summed E-state index contributed by atoms with van der Waals surface area (Å²) in [5, 5.41) is 0. The van der Waals surface area contributed by atoms with Crippen molar-refractivity contribution in [3.05, 3.63) is 29.8 Å². The van der Waals surface area contributed by atoms with Crippen LogP contribution in [-0.2, 0) is 10.0 Å². The van der Waals surface area contributed by atoms with Crippen LogP contribution in [0.2, 0.25) is 0 Å². The van der Waals surface area contributed by atoms with Crippen molar-refractivity contribution in [2.75, 3.05) is 26.2 Å². The SMILES string of the molecule is O=S(=O)(c1ccc(C2CCCCC2)cc1)N1CCN=C1N1CCCC1. The molecule has 25 heavy (non-hydrogen) atoms. The zero-order chi connectivity index (χ0) is 17.3. The van der Waals surface area contributed by atoms with E-state index in [4.69, 9.17) is 0 Å². The molecule has 4 rings (SSSR count). The lowest BCUT2D eigenvalue weighted by Crippen LogP contribution is -2.43. The molecular weight excluding hydrogens is 334 g/mol. The molecule has 0 unspecified atom stereocenters. The van der Waals surface area contributed by atoms with Crippen LogP contribution in [0.3, 0.4) is 0 Å². The van der Waals surface area contributed by atoms with Gasteiger partial charge >= 0.3 is 0 Å². The molecule has 1 aliphatic carbocycles. The minimum Gasteiger partial charge on any atom is -0.342 e. The lowest BCUT2D eigenvalue weighted by molar-refractivity contribution is 0.443. The summed E-state index contributed by atoms with van der Waals surface area (Å²) in [6, 6.07) is 7.62. The van der Waals surface area contributed by atoms with Crippen LogP contribution in [0.25, 0.3) is 0 Å². The minimum atomic E-state index is -3.51. The number of sulfonamides is 1. The first kappa shape index (κ1) is 16.9. The van der Waals surface area contributed by atoms with Crippen LogP contribution in [0.1, 0.15) is 56.4 Å². The first-order chi connectivity index (χ1) is 12.2. The van der Waals surface area contributed by atoms with E-state index in [1.54, 1.807) is 12.1 Å². The van der Waals surface area contributed by atoms with Crippen LogP contribution < -0.4 is 0 Å². The van der Waals surface area contributed by atoms with E-state index in [1.165, 1.54) is 42.0 Å². The topological polar surface area (TPSA) is 53.0 Å². The molecule has 0 radical (unpaired) electrons. The van der Waals surface area contributed by atoms with Crippen molar-refractivity contribution < 1.29 is 8.42 Å². The third kappa shape index (κ3) is 3.28. The summed E-state index contributed by atoms with van der Waals surface area (Å²) >= 11 is 0. The normalized spacial score (nSPS) is 22.5. The van der Waals surface area contributed by atoms with E-state index in [-0.39, 0.29) is 0 Å². The highest BCUT2D eigenvalue weighted by molar-refractivity contribution is 7.89. The summed E-state index contributed by atoms with van der Waals surface area (Å²) in [5.41, 5.74) is 1.29. The van der Waals surface area contributed by atoms with Crippen molar-refractivity contribution in [1.82, 2.24) is 9.21 Å². The second-order valence-electron chi connectivity index (χ2n) is 7.36. The van der Waals surface area contributed by atoms with E-state index in [2.05, 4.69) is 9.89 Å². The van der Waals surface area contributed by atoms with Crippen LogP contribution >= 0.6 is 0 Å². The highest BCUT2D eigenvalue weighted by Gasteiger charge is 2.34. The number of benzene rings is 1. The van der Waals surface area contributed by atoms with E-state index in [9.17, 15) is 8.42 Å². The number of rotatable bonds is 3. The van der Waals surface area contributed by atoms with Crippen LogP contribution in [0.4, 0.5) is 0 Å². The smallest absolute Gasteiger partial charge is 0.266 e. The Bertz CT molecular complexity index is 730. The zero-order valence-corrected chi connectivity index (χ0v) is 15.5. The lowest BCUT2D eigenvalue weighted by atomic mass is 9.84. The Morgan fingerprint density at radius 3 is 2.24 bits per heavy atom. The molecular formula is C19H27N3O2S. The quantitative estimate of drug-likeness (QED) is 0.831. The largest absolute Gasteiger partial charge is 0.342 e. The monoisotopic (exact) mass is 361 g/mol. The summed E-state index contributed by atoms with van der Waals surface area (Å²) in [7, 11) is -3.51. The van der Waals surface area contributed by atoms with E-state index in [0.717, 1.165) is 25.9 Å². The van der Waals surface area contributed by atoms with Gasteiger partial charge in [-0.15, -0.1) is 0 Å². The molecule has 2 heterocycles. The van der Waals surface area contributed by atoms with Gasteiger partial charge in [0.15, 0.2) is 0 Å². The Labute approximate surface area is 150 Å². The van der Waals surface area contributed by atoms with Gasteiger partial charge in [0.1, 0.15) is 0 Å². The Kier molecular flexibility index (Phi) is 4.71. The third-order valence-electron chi connectivity index (χ3n) is 5.71. The summed E-state index contributed by atoms with van der Waals surface area (Å²) in [4.78, 5) is 6.97. The maximum Gasteiger partial charge on any atom is 0.266 e. The van der Waals surface area contributed by atoms with Crippen molar-refractivity contribution in [2.24, 2.45) is 4.99 Å². The van der Waals surface area contributed by atoms with Crippen molar-refractivity contribution in [3.63, 3.8) is 0 Å². The Morgan fingerprint density at radius 2 is 1.56 bits per heavy atom. The van der Waals surface area contributed by atoms with Crippen LogP contribution in [0, 0.1) is 0 Å². The van der Waals surface area contributed by atoms with Crippen molar-refractivity contribution in [2.45, 2.75) is 55.8 Å². The molecule has 2 fully saturated rings. The van der Waals surface area contributed by atoms with E-state index in [1.807, 2.05) is 12.1 Å². The average molecular weight is 362 g/mol. The molecule has 0 atom stereocenters. The molecule has 0 aromatic heterocycles. The molecule has 5 nitrogen and oxygen atoms in total. The fourth-order valence-electron chi connectivity index (χ4n) is 4.30. The van der Waals surface area contributed by atoms with Gasteiger partial charge in [0.05, 0.1) is 18.0 Å². The zero-order valence-electron chi connectivity index (χ0n) is 14.7. The Morgan fingerprint density at radius 1 is 0.880 bits per heavy atom. The predicted octanol–water partition coefficient (Wildman–Crippen LogP) is 3.19. The van der Waals surface area contributed by atoms with Crippen LogP contribution in [0.5, 0.6) is 0 Å². The van der Waals surface area contributed by atoms with Gasteiger partial charge < -0.3 is 4.90 Å². The van der Waals surface area contributed by atoms with Gasteiger partial charge in [-0.1, -0.05) is 31.4 Å². The predicted molar refractivity (Wildman–Crippen MR) is 99.3 cm³/mol. The summed E-state index contributed by atoms with van der Waals surface area (Å²) in [5.74, 6) is 1.24. The minimum absolute atomic E-state index is 0.390. The molecule has 3 aliphatic rings. The number of guanidine groups is 1.